The molecule has 0 bridgehead atoms. The first kappa shape index (κ1) is 13.6. The van der Waals surface area contributed by atoms with Gasteiger partial charge in [0.25, 0.3) is 0 Å². The van der Waals surface area contributed by atoms with E-state index in [0.29, 0.717) is 15.5 Å². The smallest absolute Gasteiger partial charge is 0.323 e. The number of carbonyl (C=O) groups excluding carboxylic acids is 1. The summed E-state index contributed by atoms with van der Waals surface area (Å²) in [6.07, 6.45) is 0. The van der Waals surface area contributed by atoms with Gasteiger partial charge in [0.2, 0.25) is 0 Å². The molecule has 7 heteroatoms. The molecular weight excluding hydrogens is 341 g/mol. The first-order valence-electron chi connectivity index (χ1n) is 5.97. The highest BCUT2D eigenvalue weighted by Gasteiger charge is 2.18. The predicted octanol–water partition coefficient (Wildman–Crippen LogP) is 2.57. The summed E-state index contributed by atoms with van der Waals surface area (Å²) >= 11 is 3.26. The molecule has 0 saturated heterocycles. The van der Waals surface area contributed by atoms with Crippen molar-refractivity contribution >= 4 is 38.4 Å². The van der Waals surface area contributed by atoms with Gasteiger partial charge in [-0.2, -0.15) is 0 Å². The lowest BCUT2D eigenvalue weighted by molar-refractivity contribution is 0.103. The lowest BCUT2D eigenvalue weighted by Crippen LogP contribution is -2.06. The SMILES string of the molecule is Nc1ccc(C(=O)c2cc3[nH]c(=O)[nH]c3cc2Br)c(F)c1. The van der Waals surface area contributed by atoms with Crippen LogP contribution in [0.4, 0.5) is 10.1 Å². The average Bonchev–Trinajstić information content (AvgIpc) is 2.76. The number of imidazole rings is 1. The fourth-order valence-electron chi connectivity index (χ4n) is 2.09. The van der Waals surface area contributed by atoms with Crippen LogP contribution in [0.3, 0.4) is 0 Å². The summed E-state index contributed by atoms with van der Waals surface area (Å²) in [5.41, 5.74) is 6.54. The summed E-state index contributed by atoms with van der Waals surface area (Å²) in [6.45, 7) is 0. The van der Waals surface area contributed by atoms with E-state index < -0.39 is 11.6 Å². The van der Waals surface area contributed by atoms with Gasteiger partial charge in [-0.1, -0.05) is 0 Å². The van der Waals surface area contributed by atoms with E-state index >= 15 is 0 Å². The first-order valence-corrected chi connectivity index (χ1v) is 6.76. The number of halogens is 2. The fourth-order valence-corrected chi connectivity index (χ4v) is 2.61. The van der Waals surface area contributed by atoms with Crippen molar-refractivity contribution in [2.75, 3.05) is 5.73 Å². The Bertz CT molecular complexity index is 930. The number of nitrogens with two attached hydrogens (primary N) is 1. The van der Waals surface area contributed by atoms with E-state index in [9.17, 15) is 14.0 Å². The molecule has 2 aromatic carbocycles. The summed E-state index contributed by atoms with van der Waals surface area (Å²) in [6, 6.07) is 6.98. The number of anilines is 1. The molecular formula is C14H9BrFN3O2. The lowest BCUT2D eigenvalue weighted by Gasteiger charge is -2.06. The average molecular weight is 350 g/mol. The number of hydrogen-bond acceptors (Lipinski definition) is 3. The van der Waals surface area contributed by atoms with Crippen molar-refractivity contribution in [1.29, 1.82) is 0 Å². The number of carbonyl (C=O) groups is 1. The molecule has 3 aromatic rings. The van der Waals surface area contributed by atoms with Crippen LogP contribution < -0.4 is 11.4 Å². The topological polar surface area (TPSA) is 91.7 Å². The maximum absolute atomic E-state index is 13.9. The van der Waals surface area contributed by atoms with Crippen molar-refractivity contribution in [3.05, 3.63) is 62.2 Å². The van der Waals surface area contributed by atoms with Gasteiger partial charge in [0, 0.05) is 15.7 Å². The molecule has 0 spiro atoms. The van der Waals surface area contributed by atoms with E-state index in [1.807, 2.05) is 0 Å². The van der Waals surface area contributed by atoms with Crippen molar-refractivity contribution in [3.63, 3.8) is 0 Å². The maximum atomic E-state index is 13.9. The molecule has 0 fully saturated rings. The van der Waals surface area contributed by atoms with Crippen LogP contribution in [0, 0.1) is 5.82 Å². The van der Waals surface area contributed by atoms with E-state index in [0.717, 1.165) is 6.07 Å². The van der Waals surface area contributed by atoms with E-state index in [1.165, 1.54) is 18.2 Å². The lowest BCUT2D eigenvalue weighted by atomic mass is 10.0. The zero-order valence-electron chi connectivity index (χ0n) is 10.5. The van der Waals surface area contributed by atoms with Crippen LogP contribution in [0.25, 0.3) is 11.0 Å². The van der Waals surface area contributed by atoms with E-state index in [1.54, 1.807) is 6.07 Å². The van der Waals surface area contributed by atoms with Gasteiger partial charge in [-0.05, 0) is 46.3 Å². The van der Waals surface area contributed by atoms with Crippen LogP contribution in [0.2, 0.25) is 0 Å². The summed E-state index contributed by atoms with van der Waals surface area (Å²) in [4.78, 5) is 28.8. The van der Waals surface area contributed by atoms with Crippen LogP contribution in [-0.2, 0) is 0 Å². The van der Waals surface area contributed by atoms with Crippen LogP contribution in [0.1, 0.15) is 15.9 Å². The Morgan fingerprint density at radius 2 is 1.76 bits per heavy atom. The van der Waals surface area contributed by atoms with Crippen LogP contribution in [0.15, 0.2) is 39.6 Å². The second kappa shape index (κ2) is 4.85. The quantitative estimate of drug-likeness (QED) is 0.490. The van der Waals surface area contributed by atoms with Crippen LogP contribution in [0.5, 0.6) is 0 Å². The molecule has 21 heavy (non-hydrogen) atoms. The number of H-pyrrole nitrogens is 2. The number of aromatic amines is 2. The summed E-state index contributed by atoms with van der Waals surface area (Å²) in [5, 5.41) is 0. The second-order valence-electron chi connectivity index (χ2n) is 4.53. The molecule has 1 heterocycles. The van der Waals surface area contributed by atoms with Crippen LogP contribution >= 0.6 is 15.9 Å². The minimum absolute atomic E-state index is 0.0814. The molecule has 0 aliphatic rings. The highest BCUT2D eigenvalue weighted by Crippen LogP contribution is 2.25. The third-order valence-corrected chi connectivity index (χ3v) is 3.74. The van der Waals surface area contributed by atoms with Crippen LogP contribution in [-0.4, -0.2) is 15.8 Å². The number of fused-ring (bicyclic) bond motifs is 1. The molecule has 0 amide bonds. The summed E-state index contributed by atoms with van der Waals surface area (Å²) in [5.74, 6) is -1.18. The normalized spacial score (nSPS) is 11.0. The molecule has 0 saturated carbocycles. The van der Waals surface area contributed by atoms with Gasteiger partial charge in [0.05, 0.1) is 16.6 Å². The summed E-state index contributed by atoms with van der Waals surface area (Å²) < 4.78 is 14.3. The number of rotatable bonds is 2. The fraction of sp³-hybridized carbons (Fsp3) is 0. The highest BCUT2D eigenvalue weighted by atomic mass is 79.9. The van der Waals surface area contributed by atoms with Gasteiger partial charge in [0.15, 0.2) is 5.78 Å². The molecule has 5 nitrogen and oxygen atoms in total. The highest BCUT2D eigenvalue weighted by molar-refractivity contribution is 9.10. The number of aromatic nitrogens is 2. The third-order valence-electron chi connectivity index (χ3n) is 3.09. The Labute approximate surface area is 126 Å². The Hall–Kier alpha value is -2.41. The Kier molecular flexibility index (Phi) is 3.13. The monoisotopic (exact) mass is 349 g/mol. The Balaban J connectivity index is 2.16. The number of ketones is 1. The molecule has 0 aliphatic carbocycles. The van der Waals surface area contributed by atoms with Gasteiger partial charge in [-0.3, -0.25) is 4.79 Å². The van der Waals surface area contributed by atoms with Gasteiger partial charge in [0.1, 0.15) is 5.82 Å². The first-order chi connectivity index (χ1) is 9.95. The molecule has 0 radical (unpaired) electrons. The number of nitrogen functional groups attached to an aromatic ring is 1. The predicted molar refractivity (Wildman–Crippen MR) is 80.9 cm³/mol. The molecule has 3 rings (SSSR count). The van der Waals surface area contributed by atoms with Gasteiger partial charge < -0.3 is 15.7 Å². The molecule has 0 aliphatic heterocycles. The zero-order chi connectivity index (χ0) is 15.1. The van der Waals surface area contributed by atoms with E-state index in [2.05, 4.69) is 25.9 Å². The van der Waals surface area contributed by atoms with E-state index in [-0.39, 0.29) is 22.5 Å². The Morgan fingerprint density at radius 1 is 1.10 bits per heavy atom. The van der Waals surface area contributed by atoms with E-state index in [4.69, 9.17) is 5.73 Å². The van der Waals surface area contributed by atoms with Crippen molar-refractivity contribution in [1.82, 2.24) is 9.97 Å². The molecule has 4 N–H and O–H groups in total. The second-order valence-corrected chi connectivity index (χ2v) is 5.38. The number of benzene rings is 2. The maximum Gasteiger partial charge on any atom is 0.323 e. The van der Waals surface area contributed by atoms with Crippen molar-refractivity contribution in [2.24, 2.45) is 0 Å². The van der Waals surface area contributed by atoms with Gasteiger partial charge >= 0.3 is 5.69 Å². The van der Waals surface area contributed by atoms with Gasteiger partial charge in [-0.15, -0.1) is 0 Å². The standard InChI is InChI=1S/C14H9BrFN3O2/c15-9-5-12-11(18-14(21)19-12)4-8(9)13(20)7-2-1-6(17)3-10(7)16/h1-5H,17H2,(H2,18,19,21). The zero-order valence-corrected chi connectivity index (χ0v) is 12.1. The van der Waals surface area contributed by atoms with Crippen molar-refractivity contribution in [3.8, 4) is 0 Å². The minimum Gasteiger partial charge on any atom is -0.399 e. The van der Waals surface area contributed by atoms with Crippen molar-refractivity contribution < 1.29 is 9.18 Å². The minimum atomic E-state index is -0.686. The third kappa shape index (κ3) is 2.36. The molecule has 106 valence electrons. The molecule has 1 aromatic heterocycles. The summed E-state index contributed by atoms with van der Waals surface area (Å²) in [7, 11) is 0. The molecule has 0 unspecified atom stereocenters. The van der Waals surface area contributed by atoms with Crippen molar-refractivity contribution in [2.45, 2.75) is 0 Å². The largest absolute Gasteiger partial charge is 0.399 e. The number of hydrogen-bond donors (Lipinski definition) is 3. The number of nitrogens with one attached hydrogen (secondary N) is 2. The Morgan fingerprint density at radius 3 is 2.43 bits per heavy atom. The molecule has 0 atom stereocenters. The van der Waals surface area contributed by atoms with Gasteiger partial charge in [-0.25, -0.2) is 9.18 Å².